The number of ether oxygens (including phenoxy) is 1. The molecule has 3 fully saturated rings. The van der Waals surface area contributed by atoms with E-state index in [-0.39, 0.29) is 0 Å². The lowest BCUT2D eigenvalue weighted by Gasteiger charge is -2.36. The van der Waals surface area contributed by atoms with Gasteiger partial charge >= 0.3 is 0 Å². The first-order valence-corrected chi connectivity index (χ1v) is 10.0. The van der Waals surface area contributed by atoms with Gasteiger partial charge in [-0.05, 0) is 51.0 Å². The van der Waals surface area contributed by atoms with Crippen molar-refractivity contribution >= 4 is 5.82 Å². The summed E-state index contributed by atoms with van der Waals surface area (Å²) >= 11 is 0. The van der Waals surface area contributed by atoms with Crippen LogP contribution in [0.15, 0.2) is 18.2 Å². The molecule has 2 aliphatic carbocycles. The molecule has 24 heavy (non-hydrogen) atoms. The van der Waals surface area contributed by atoms with Crippen molar-refractivity contribution in [3.8, 4) is 5.88 Å². The van der Waals surface area contributed by atoms with Gasteiger partial charge in [-0.2, -0.15) is 4.98 Å². The van der Waals surface area contributed by atoms with Gasteiger partial charge < -0.3 is 9.64 Å². The Hall–Kier alpha value is -1.29. The monoisotopic (exact) mass is 329 g/mol. The van der Waals surface area contributed by atoms with Crippen LogP contribution in [0.25, 0.3) is 0 Å². The zero-order chi connectivity index (χ0) is 16.2. The number of hydrogen-bond acceptors (Lipinski definition) is 4. The molecule has 1 aliphatic heterocycles. The van der Waals surface area contributed by atoms with Crippen molar-refractivity contribution in [3.63, 3.8) is 0 Å². The molecule has 0 radical (unpaired) electrons. The van der Waals surface area contributed by atoms with Crippen LogP contribution in [0.4, 0.5) is 5.82 Å². The van der Waals surface area contributed by atoms with Gasteiger partial charge in [0, 0.05) is 38.3 Å². The lowest BCUT2D eigenvalue weighted by Crippen LogP contribution is -2.42. The van der Waals surface area contributed by atoms with Crippen LogP contribution in [0, 0.1) is 0 Å². The molecule has 0 bridgehead atoms. The normalized spacial score (nSPS) is 24.4. The molecule has 0 atom stereocenters. The third-order valence-electron chi connectivity index (χ3n) is 5.99. The van der Waals surface area contributed by atoms with E-state index in [0.29, 0.717) is 6.10 Å². The van der Waals surface area contributed by atoms with Gasteiger partial charge in [-0.25, -0.2) is 0 Å². The van der Waals surface area contributed by atoms with Gasteiger partial charge in [-0.1, -0.05) is 18.9 Å². The lowest BCUT2D eigenvalue weighted by molar-refractivity contribution is 0.136. The second kappa shape index (κ2) is 7.73. The molecule has 2 saturated carbocycles. The summed E-state index contributed by atoms with van der Waals surface area (Å²) in [6.45, 7) is 4.64. The number of anilines is 1. The summed E-state index contributed by atoms with van der Waals surface area (Å²) in [6.07, 6.45) is 12.2. The van der Waals surface area contributed by atoms with Crippen LogP contribution in [0.2, 0.25) is 0 Å². The van der Waals surface area contributed by atoms with Crippen LogP contribution >= 0.6 is 0 Å². The fraction of sp³-hybridized carbons (Fsp3) is 0.750. The van der Waals surface area contributed by atoms with Gasteiger partial charge in [0.25, 0.3) is 0 Å². The van der Waals surface area contributed by atoms with Crippen molar-refractivity contribution in [2.24, 2.45) is 0 Å². The number of nitrogens with zero attached hydrogens (tertiary/aromatic N) is 3. The molecule has 0 amide bonds. The van der Waals surface area contributed by atoms with Crippen LogP contribution in [-0.4, -0.2) is 48.2 Å². The third-order valence-corrected chi connectivity index (χ3v) is 5.99. The molecule has 3 aliphatic rings. The molecule has 4 nitrogen and oxygen atoms in total. The lowest BCUT2D eigenvalue weighted by atomic mass is 9.91. The average Bonchev–Trinajstić information content (AvgIpc) is 2.81. The second-order valence-corrected chi connectivity index (χ2v) is 7.67. The maximum absolute atomic E-state index is 6.16. The Balaban J connectivity index is 1.37. The molecule has 0 unspecified atom stereocenters. The Kier molecular flexibility index (Phi) is 5.21. The van der Waals surface area contributed by atoms with E-state index in [0.717, 1.165) is 30.8 Å². The van der Waals surface area contributed by atoms with Crippen LogP contribution < -0.4 is 9.64 Å². The first kappa shape index (κ1) is 16.2. The van der Waals surface area contributed by atoms with E-state index in [4.69, 9.17) is 9.72 Å². The van der Waals surface area contributed by atoms with E-state index in [1.165, 1.54) is 70.9 Å². The minimum atomic E-state index is 0.375. The molecule has 4 rings (SSSR count). The Bertz CT molecular complexity index is 525. The van der Waals surface area contributed by atoms with Crippen molar-refractivity contribution in [1.82, 2.24) is 9.88 Å². The van der Waals surface area contributed by atoms with E-state index in [9.17, 15) is 0 Å². The van der Waals surface area contributed by atoms with Gasteiger partial charge in [0.1, 0.15) is 11.9 Å². The predicted molar refractivity (Wildman–Crippen MR) is 97.8 cm³/mol. The highest BCUT2D eigenvalue weighted by molar-refractivity contribution is 5.41. The number of hydrogen-bond donors (Lipinski definition) is 0. The number of pyridine rings is 1. The summed E-state index contributed by atoms with van der Waals surface area (Å²) in [5.41, 5.74) is 0. The quantitative estimate of drug-likeness (QED) is 0.839. The van der Waals surface area contributed by atoms with Crippen LogP contribution in [0.5, 0.6) is 5.88 Å². The molecule has 1 aromatic heterocycles. The molecular formula is C20H31N3O. The molecule has 4 heteroatoms. The second-order valence-electron chi connectivity index (χ2n) is 7.67. The van der Waals surface area contributed by atoms with Crippen LogP contribution in [0.1, 0.15) is 57.8 Å². The summed E-state index contributed by atoms with van der Waals surface area (Å²) in [6, 6.07) is 7.14. The Morgan fingerprint density at radius 3 is 2.50 bits per heavy atom. The van der Waals surface area contributed by atoms with Gasteiger partial charge in [-0.3, -0.25) is 4.90 Å². The number of rotatable bonds is 4. The van der Waals surface area contributed by atoms with Gasteiger partial charge in [0.2, 0.25) is 5.88 Å². The van der Waals surface area contributed by atoms with Gasteiger partial charge in [-0.15, -0.1) is 0 Å². The fourth-order valence-corrected chi connectivity index (χ4v) is 4.28. The van der Waals surface area contributed by atoms with Crippen molar-refractivity contribution in [2.75, 3.05) is 31.1 Å². The van der Waals surface area contributed by atoms with Crippen LogP contribution in [0.3, 0.4) is 0 Å². The Morgan fingerprint density at radius 2 is 1.71 bits per heavy atom. The largest absolute Gasteiger partial charge is 0.474 e. The van der Waals surface area contributed by atoms with E-state index in [1.807, 2.05) is 6.07 Å². The predicted octanol–water partition coefficient (Wildman–Crippen LogP) is 3.86. The minimum absolute atomic E-state index is 0.375. The Morgan fingerprint density at radius 1 is 0.833 bits per heavy atom. The van der Waals surface area contributed by atoms with Crippen molar-refractivity contribution < 1.29 is 4.74 Å². The molecule has 1 saturated heterocycles. The highest BCUT2D eigenvalue weighted by atomic mass is 16.5. The van der Waals surface area contributed by atoms with E-state index in [1.54, 1.807) is 0 Å². The zero-order valence-corrected chi connectivity index (χ0v) is 14.8. The summed E-state index contributed by atoms with van der Waals surface area (Å²) in [5, 5.41) is 0. The van der Waals surface area contributed by atoms with Gasteiger partial charge in [0.05, 0.1) is 0 Å². The maximum Gasteiger partial charge on any atom is 0.215 e. The topological polar surface area (TPSA) is 28.6 Å². The zero-order valence-electron chi connectivity index (χ0n) is 14.8. The summed E-state index contributed by atoms with van der Waals surface area (Å²) in [5.74, 6) is 1.92. The molecule has 1 aromatic rings. The van der Waals surface area contributed by atoms with Crippen molar-refractivity contribution in [1.29, 1.82) is 0 Å². The Labute approximate surface area is 146 Å². The minimum Gasteiger partial charge on any atom is -0.474 e. The standard InChI is InChI=1S/C20H31N3O/c1-2-9-18(10-3-1)24-20-12-5-11-19(21-20)23-14-6-13-22(15-16-23)17-7-4-8-17/h5,11-12,17-18H,1-4,6-10,13-16H2. The van der Waals surface area contributed by atoms with Crippen LogP contribution in [-0.2, 0) is 0 Å². The molecule has 0 spiro atoms. The SMILES string of the molecule is c1cc(OC2CCCCC2)nc(N2CCCN(C3CCC3)CC2)c1. The summed E-state index contributed by atoms with van der Waals surface area (Å²) in [4.78, 5) is 9.97. The van der Waals surface area contributed by atoms with Crippen molar-refractivity contribution in [3.05, 3.63) is 18.2 Å². The van der Waals surface area contributed by atoms with E-state index < -0.39 is 0 Å². The smallest absolute Gasteiger partial charge is 0.215 e. The van der Waals surface area contributed by atoms with E-state index in [2.05, 4.69) is 21.9 Å². The summed E-state index contributed by atoms with van der Waals surface area (Å²) < 4.78 is 6.16. The highest BCUT2D eigenvalue weighted by Crippen LogP contribution is 2.27. The molecule has 132 valence electrons. The first-order chi connectivity index (χ1) is 11.9. The summed E-state index contributed by atoms with van der Waals surface area (Å²) in [7, 11) is 0. The average molecular weight is 329 g/mol. The van der Waals surface area contributed by atoms with Gasteiger partial charge in [0.15, 0.2) is 0 Å². The molecular weight excluding hydrogens is 298 g/mol. The fourth-order valence-electron chi connectivity index (χ4n) is 4.28. The molecule has 0 N–H and O–H groups in total. The third kappa shape index (κ3) is 3.85. The van der Waals surface area contributed by atoms with E-state index >= 15 is 0 Å². The first-order valence-electron chi connectivity index (χ1n) is 10.0. The molecule has 0 aromatic carbocycles. The maximum atomic E-state index is 6.16. The highest BCUT2D eigenvalue weighted by Gasteiger charge is 2.27. The number of aromatic nitrogens is 1. The molecule has 2 heterocycles. The van der Waals surface area contributed by atoms with Crippen molar-refractivity contribution in [2.45, 2.75) is 69.9 Å².